The van der Waals surface area contributed by atoms with Crippen molar-refractivity contribution in [2.45, 2.75) is 79.3 Å². The molecule has 180 valence electrons. The Kier molecular flexibility index (Phi) is 7.91. The molecule has 9 heteroatoms. The van der Waals surface area contributed by atoms with E-state index in [0.717, 1.165) is 57.8 Å². The second-order valence-corrected chi connectivity index (χ2v) is 15.6. The van der Waals surface area contributed by atoms with Gasteiger partial charge in [-0.15, -0.1) is 0 Å². The highest BCUT2D eigenvalue weighted by Gasteiger charge is 2.47. The molecule has 2 aliphatic carbocycles. The number of benzene rings is 2. The van der Waals surface area contributed by atoms with E-state index in [2.05, 4.69) is 0 Å². The number of nitrogens with zero attached hydrogens (tertiary/aromatic N) is 2. The predicted molar refractivity (Wildman–Crippen MR) is 133 cm³/mol. The van der Waals surface area contributed by atoms with Crippen molar-refractivity contribution in [2.75, 3.05) is 7.05 Å². The van der Waals surface area contributed by atoms with Crippen LogP contribution in [0, 0.1) is 0 Å². The fourth-order valence-corrected chi connectivity index (χ4v) is 13.4. The summed E-state index contributed by atoms with van der Waals surface area (Å²) >= 11 is 0. The van der Waals surface area contributed by atoms with Gasteiger partial charge >= 0.3 is 0 Å². The highest BCUT2D eigenvalue weighted by atomic mass is 32.2. The van der Waals surface area contributed by atoms with Crippen LogP contribution in [0.2, 0.25) is 0 Å². The lowest BCUT2D eigenvalue weighted by molar-refractivity contribution is 0.332. The monoisotopic (exact) mass is 508 g/mol. The molecule has 2 aliphatic rings. The summed E-state index contributed by atoms with van der Waals surface area (Å²) in [4.78, 5) is 0.449. The maximum Gasteiger partial charge on any atom is 0.247 e. The number of hydrogen-bond acceptors (Lipinski definition) is 4. The molecule has 4 rings (SSSR count). The molecule has 0 heterocycles. The average Bonchev–Trinajstić information content (AvgIpc) is 3.38. The molecule has 0 bridgehead atoms. The molecular weight excluding hydrogens is 475 g/mol. The van der Waals surface area contributed by atoms with E-state index in [1.54, 1.807) is 71.8 Å². The van der Waals surface area contributed by atoms with Crippen LogP contribution in [0.25, 0.3) is 0 Å². The standard InChI is InChI=1S/C24H33N2O4PS2/c1-25(32(27,28)23-17-7-3-8-18-23)31(22-15-11-12-16-22)26(21-13-5-2-6-14-21)33(29,30)24-19-9-4-10-20-24/h3-4,7-10,17-22H,2,5-6,11-16H2,1H3. The van der Waals surface area contributed by atoms with E-state index in [-0.39, 0.29) is 21.5 Å². The molecule has 2 aromatic rings. The molecular formula is C24H33N2O4PS2. The van der Waals surface area contributed by atoms with Gasteiger partial charge in [0.25, 0.3) is 0 Å². The largest absolute Gasteiger partial charge is 0.247 e. The van der Waals surface area contributed by atoms with Crippen LogP contribution in [0.3, 0.4) is 0 Å². The van der Waals surface area contributed by atoms with Gasteiger partial charge in [0.2, 0.25) is 20.0 Å². The van der Waals surface area contributed by atoms with Gasteiger partial charge in [-0.2, -0.15) is 8.15 Å². The van der Waals surface area contributed by atoms with Crippen LogP contribution in [0.4, 0.5) is 0 Å². The van der Waals surface area contributed by atoms with Gasteiger partial charge in [-0.1, -0.05) is 68.5 Å². The van der Waals surface area contributed by atoms with Crippen molar-refractivity contribution in [2.24, 2.45) is 0 Å². The third-order valence-electron chi connectivity index (χ3n) is 6.71. The Morgan fingerprint density at radius 1 is 0.667 bits per heavy atom. The third kappa shape index (κ3) is 5.20. The van der Waals surface area contributed by atoms with Crippen LogP contribution in [-0.2, 0) is 20.0 Å². The smallest absolute Gasteiger partial charge is 0.207 e. The molecule has 0 saturated heterocycles. The Morgan fingerprint density at radius 3 is 1.64 bits per heavy atom. The minimum absolute atomic E-state index is 0.0314. The van der Waals surface area contributed by atoms with Crippen LogP contribution in [0.5, 0.6) is 0 Å². The quantitative estimate of drug-likeness (QED) is 0.436. The second kappa shape index (κ2) is 10.5. The summed E-state index contributed by atoms with van der Waals surface area (Å²) in [6, 6.07) is 16.7. The minimum Gasteiger partial charge on any atom is -0.207 e. The Bertz CT molecular complexity index is 1120. The van der Waals surface area contributed by atoms with Crippen molar-refractivity contribution in [3.05, 3.63) is 60.7 Å². The predicted octanol–water partition coefficient (Wildman–Crippen LogP) is 5.59. The van der Waals surface area contributed by atoms with Crippen LogP contribution in [0.1, 0.15) is 57.8 Å². The topological polar surface area (TPSA) is 74.8 Å². The molecule has 0 aromatic heterocycles. The Balaban J connectivity index is 1.84. The molecule has 0 aliphatic heterocycles. The Morgan fingerprint density at radius 2 is 1.12 bits per heavy atom. The normalized spacial score (nSPS) is 19.8. The van der Waals surface area contributed by atoms with Crippen molar-refractivity contribution in [1.82, 2.24) is 8.15 Å². The first-order valence-corrected chi connectivity index (χ1v) is 16.0. The maximum atomic E-state index is 14.1. The molecule has 1 unspecified atom stereocenters. The first-order valence-electron chi connectivity index (χ1n) is 11.8. The van der Waals surface area contributed by atoms with Crippen molar-refractivity contribution < 1.29 is 16.8 Å². The molecule has 0 radical (unpaired) electrons. The molecule has 6 nitrogen and oxygen atoms in total. The zero-order valence-corrected chi connectivity index (χ0v) is 21.6. The van der Waals surface area contributed by atoms with Crippen LogP contribution in [0.15, 0.2) is 70.5 Å². The third-order valence-corrected chi connectivity index (χ3v) is 14.7. The molecule has 33 heavy (non-hydrogen) atoms. The minimum atomic E-state index is -3.87. The summed E-state index contributed by atoms with van der Waals surface area (Å²) in [5.74, 6) is 0. The summed E-state index contributed by atoms with van der Waals surface area (Å²) in [6.07, 6.45) is 8.30. The lowest BCUT2D eigenvalue weighted by atomic mass is 9.96. The van der Waals surface area contributed by atoms with E-state index in [1.807, 2.05) is 0 Å². The Hall–Kier alpha value is -1.31. The zero-order valence-electron chi connectivity index (χ0n) is 19.1. The van der Waals surface area contributed by atoms with Gasteiger partial charge < -0.3 is 0 Å². The lowest BCUT2D eigenvalue weighted by Gasteiger charge is -2.44. The first-order chi connectivity index (χ1) is 15.8. The molecule has 2 saturated carbocycles. The molecule has 2 fully saturated rings. The van der Waals surface area contributed by atoms with Gasteiger partial charge in [-0.3, -0.25) is 0 Å². The van der Waals surface area contributed by atoms with Gasteiger partial charge in [0, 0.05) is 18.7 Å². The molecule has 2 aromatic carbocycles. The van der Waals surface area contributed by atoms with E-state index in [9.17, 15) is 16.8 Å². The molecule has 0 N–H and O–H groups in total. The summed E-state index contributed by atoms with van der Waals surface area (Å²) < 4.78 is 58.7. The van der Waals surface area contributed by atoms with Gasteiger partial charge in [0.05, 0.1) is 18.0 Å². The van der Waals surface area contributed by atoms with E-state index >= 15 is 0 Å². The van der Waals surface area contributed by atoms with E-state index in [1.165, 1.54) is 4.08 Å². The zero-order chi connectivity index (χ0) is 23.5. The van der Waals surface area contributed by atoms with Gasteiger partial charge in [-0.25, -0.2) is 16.8 Å². The van der Waals surface area contributed by atoms with Crippen molar-refractivity contribution in [3.8, 4) is 0 Å². The van der Waals surface area contributed by atoms with Crippen molar-refractivity contribution in [3.63, 3.8) is 0 Å². The van der Waals surface area contributed by atoms with Crippen LogP contribution < -0.4 is 0 Å². The van der Waals surface area contributed by atoms with Gasteiger partial charge in [-0.05, 0) is 49.9 Å². The SMILES string of the molecule is CN(P(C1CCCC1)N(C1CCCCC1)S(=O)(=O)c1ccccc1)S(=O)(=O)c1ccccc1. The fourth-order valence-electron chi connectivity index (χ4n) is 4.98. The lowest BCUT2D eigenvalue weighted by Crippen LogP contribution is -2.44. The number of hydrogen-bond donors (Lipinski definition) is 0. The molecule has 0 spiro atoms. The first kappa shape index (κ1) is 24.8. The van der Waals surface area contributed by atoms with Crippen molar-refractivity contribution in [1.29, 1.82) is 0 Å². The number of rotatable bonds is 8. The summed E-state index contributed by atoms with van der Waals surface area (Å²) in [5, 5.41) is 0. The maximum absolute atomic E-state index is 14.1. The van der Waals surface area contributed by atoms with E-state index in [0.29, 0.717) is 0 Å². The summed E-state index contributed by atoms with van der Waals surface area (Å²) in [6.45, 7) is 0. The van der Waals surface area contributed by atoms with Crippen molar-refractivity contribution >= 4 is 28.3 Å². The number of sulfonamides is 2. The summed E-state index contributed by atoms with van der Waals surface area (Å²) in [5.41, 5.74) is 0.0314. The highest BCUT2D eigenvalue weighted by Crippen LogP contribution is 2.59. The summed E-state index contributed by atoms with van der Waals surface area (Å²) in [7, 11) is -7.77. The van der Waals surface area contributed by atoms with Crippen LogP contribution in [-0.4, -0.2) is 43.7 Å². The Labute approximate surface area is 200 Å². The van der Waals surface area contributed by atoms with E-state index < -0.39 is 28.3 Å². The second-order valence-electron chi connectivity index (χ2n) is 8.89. The average molecular weight is 509 g/mol. The molecule has 1 atom stereocenters. The fraction of sp³-hybridized carbons (Fsp3) is 0.500. The van der Waals surface area contributed by atoms with Gasteiger partial charge in [0.15, 0.2) is 0 Å². The van der Waals surface area contributed by atoms with E-state index in [4.69, 9.17) is 0 Å². The molecule has 0 amide bonds. The highest BCUT2D eigenvalue weighted by molar-refractivity contribution is 7.99. The van der Waals surface area contributed by atoms with Gasteiger partial charge in [0.1, 0.15) is 0 Å². The van der Waals surface area contributed by atoms with Crippen LogP contribution >= 0.6 is 8.22 Å².